The Morgan fingerprint density at radius 2 is 0.911 bits per heavy atom. The van der Waals surface area contributed by atoms with Crippen molar-refractivity contribution in [1.29, 1.82) is 0 Å². The van der Waals surface area contributed by atoms with Crippen molar-refractivity contribution in [2.45, 2.75) is 0 Å². The van der Waals surface area contributed by atoms with Gasteiger partial charge < -0.3 is 4.42 Å². The monoisotopic (exact) mass is 575 g/mol. The maximum atomic E-state index is 6.51. The fourth-order valence-electron chi connectivity index (χ4n) is 6.28. The summed E-state index contributed by atoms with van der Waals surface area (Å²) in [5.74, 6) is 1.95. The van der Waals surface area contributed by atoms with Crippen LogP contribution in [-0.2, 0) is 0 Å². The first-order chi connectivity index (χ1) is 22.3. The summed E-state index contributed by atoms with van der Waals surface area (Å²) in [6, 6.07) is 52.2. The van der Waals surface area contributed by atoms with Crippen molar-refractivity contribution in [2.24, 2.45) is 0 Å². The first kappa shape index (κ1) is 25.4. The normalized spacial score (nSPS) is 11.6. The van der Waals surface area contributed by atoms with Crippen LogP contribution in [0.15, 0.2) is 156 Å². The number of fused-ring (bicyclic) bond motifs is 6. The highest BCUT2D eigenvalue weighted by atomic mass is 16.3. The second kappa shape index (κ2) is 10.2. The van der Waals surface area contributed by atoms with E-state index in [2.05, 4.69) is 78.9 Å². The van der Waals surface area contributed by atoms with Gasteiger partial charge in [-0.05, 0) is 51.4 Å². The highest BCUT2D eigenvalue weighted by Gasteiger charge is 2.17. The summed E-state index contributed by atoms with van der Waals surface area (Å²) in [7, 11) is 0. The van der Waals surface area contributed by atoms with E-state index in [1.54, 1.807) is 0 Å². The van der Waals surface area contributed by atoms with Crippen LogP contribution in [0.3, 0.4) is 0 Å². The summed E-state index contributed by atoms with van der Waals surface area (Å²) in [5.41, 5.74) is 6.87. The van der Waals surface area contributed by atoms with Gasteiger partial charge in [-0.2, -0.15) is 0 Å². The molecule has 0 N–H and O–H groups in total. The number of aromatic nitrogens is 3. The summed E-state index contributed by atoms with van der Waals surface area (Å²) >= 11 is 0. The van der Waals surface area contributed by atoms with E-state index >= 15 is 0 Å². The molecule has 9 aromatic rings. The van der Waals surface area contributed by atoms with Crippen LogP contribution < -0.4 is 0 Å². The van der Waals surface area contributed by atoms with E-state index in [1.165, 1.54) is 10.8 Å². The first-order valence-electron chi connectivity index (χ1n) is 15.0. The SMILES string of the molecule is c1ccc(-c2nc(-c3ccccc3)nc(-c3ccc4cc(-c5cc6ccccc6c6c5oc5ccccc56)ccc4c3)n2)cc1. The van der Waals surface area contributed by atoms with Crippen LogP contribution in [0.2, 0.25) is 0 Å². The molecule has 210 valence electrons. The van der Waals surface area contributed by atoms with E-state index in [0.29, 0.717) is 17.5 Å². The zero-order valence-electron chi connectivity index (χ0n) is 24.2. The van der Waals surface area contributed by atoms with Crippen molar-refractivity contribution in [2.75, 3.05) is 0 Å². The van der Waals surface area contributed by atoms with Gasteiger partial charge in [0.05, 0.1) is 0 Å². The summed E-state index contributed by atoms with van der Waals surface area (Å²) in [6.07, 6.45) is 0. The van der Waals surface area contributed by atoms with Crippen molar-refractivity contribution in [3.63, 3.8) is 0 Å². The minimum absolute atomic E-state index is 0.646. The van der Waals surface area contributed by atoms with Gasteiger partial charge in [0.15, 0.2) is 17.5 Å². The molecule has 4 heteroatoms. The maximum Gasteiger partial charge on any atom is 0.164 e. The van der Waals surface area contributed by atoms with E-state index in [0.717, 1.165) is 60.5 Å². The molecule has 0 unspecified atom stereocenters. The highest BCUT2D eigenvalue weighted by molar-refractivity contribution is 6.22. The molecule has 0 amide bonds. The van der Waals surface area contributed by atoms with Gasteiger partial charge in [-0.3, -0.25) is 0 Å². The molecule has 9 rings (SSSR count). The Bertz CT molecular complexity index is 2480. The summed E-state index contributed by atoms with van der Waals surface area (Å²) in [6.45, 7) is 0. The second-order valence-corrected chi connectivity index (χ2v) is 11.3. The smallest absolute Gasteiger partial charge is 0.164 e. The third-order valence-corrected chi connectivity index (χ3v) is 8.48. The number of hydrogen-bond acceptors (Lipinski definition) is 4. The van der Waals surface area contributed by atoms with Gasteiger partial charge in [0.25, 0.3) is 0 Å². The fourth-order valence-corrected chi connectivity index (χ4v) is 6.28. The number of benzene rings is 7. The molecule has 2 aromatic heterocycles. The molecule has 0 fully saturated rings. The number of nitrogens with zero attached hydrogens (tertiary/aromatic N) is 3. The van der Waals surface area contributed by atoms with Crippen LogP contribution in [0.25, 0.3) is 88.8 Å². The Kier molecular flexibility index (Phi) is 5.78. The molecule has 0 radical (unpaired) electrons. The lowest BCUT2D eigenvalue weighted by Gasteiger charge is -2.10. The molecule has 0 saturated carbocycles. The van der Waals surface area contributed by atoms with Crippen LogP contribution in [0.1, 0.15) is 0 Å². The molecule has 7 aromatic carbocycles. The van der Waals surface area contributed by atoms with Crippen LogP contribution in [0.5, 0.6) is 0 Å². The van der Waals surface area contributed by atoms with E-state index in [9.17, 15) is 0 Å². The zero-order valence-corrected chi connectivity index (χ0v) is 24.2. The Morgan fingerprint density at radius 3 is 1.60 bits per heavy atom. The molecule has 0 atom stereocenters. The minimum Gasteiger partial charge on any atom is -0.455 e. The second-order valence-electron chi connectivity index (χ2n) is 11.3. The van der Waals surface area contributed by atoms with Crippen LogP contribution in [0.4, 0.5) is 0 Å². The molecule has 2 heterocycles. The van der Waals surface area contributed by atoms with Gasteiger partial charge in [0.1, 0.15) is 11.2 Å². The van der Waals surface area contributed by atoms with Crippen molar-refractivity contribution < 1.29 is 4.42 Å². The molecule has 0 bridgehead atoms. The van der Waals surface area contributed by atoms with Gasteiger partial charge in [-0.1, -0.05) is 127 Å². The van der Waals surface area contributed by atoms with E-state index < -0.39 is 0 Å². The van der Waals surface area contributed by atoms with Crippen LogP contribution in [0, 0.1) is 0 Å². The van der Waals surface area contributed by atoms with Crippen molar-refractivity contribution in [1.82, 2.24) is 15.0 Å². The Labute approximate surface area is 259 Å². The van der Waals surface area contributed by atoms with Crippen molar-refractivity contribution in [3.05, 3.63) is 152 Å². The third-order valence-electron chi connectivity index (χ3n) is 8.48. The average molecular weight is 576 g/mol. The summed E-state index contributed by atoms with van der Waals surface area (Å²) in [5, 5.41) is 6.94. The lowest BCUT2D eigenvalue weighted by Crippen LogP contribution is -2.00. The largest absolute Gasteiger partial charge is 0.455 e. The molecule has 0 aliphatic heterocycles. The highest BCUT2D eigenvalue weighted by Crippen LogP contribution is 2.41. The summed E-state index contributed by atoms with van der Waals surface area (Å²) < 4.78 is 6.51. The van der Waals surface area contributed by atoms with Gasteiger partial charge in [-0.25, -0.2) is 15.0 Å². The molecular weight excluding hydrogens is 550 g/mol. The van der Waals surface area contributed by atoms with E-state index in [1.807, 2.05) is 72.8 Å². The number of rotatable bonds is 4. The van der Waals surface area contributed by atoms with Crippen molar-refractivity contribution >= 4 is 43.5 Å². The van der Waals surface area contributed by atoms with Gasteiger partial charge >= 0.3 is 0 Å². The van der Waals surface area contributed by atoms with Crippen LogP contribution in [-0.4, -0.2) is 15.0 Å². The summed E-state index contributed by atoms with van der Waals surface area (Å²) in [4.78, 5) is 14.7. The Hall–Kier alpha value is -6.13. The van der Waals surface area contributed by atoms with E-state index in [-0.39, 0.29) is 0 Å². The zero-order chi connectivity index (χ0) is 29.7. The number of furan rings is 1. The number of hydrogen-bond donors (Lipinski definition) is 0. The molecule has 0 aliphatic carbocycles. The van der Waals surface area contributed by atoms with Crippen LogP contribution >= 0.6 is 0 Å². The Morgan fingerprint density at radius 1 is 0.378 bits per heavy atom. The molecule has 45 heavy (non-hydrogen) atoms. The van der Waals surface area contributed by atoms with Gasteiger partial charge in [0, 0.05) is 33.0 Å². The lowest BCUT2D eigenvalue weighted by atomic mass is 9.94. The molecular formula is C41H25N3O. The maximum absolute atomic E-state index is 6.51. The fraction of sp³-hybridized carbons (Fsp3) is 0. The Balaban J connectivity index is 1.19. The van der Waals surface area contributed by atoms with E-state index in [4.69, 9.17) is 19.4 Å². The predicted molar refractivity (Wildman–Crippen MR) is 184 cm³/mol. The van der Waals surface area contributed by atoms with Gasteiger partial charge in [0.2, 0.25) is 0 Å². The predicted octanol–water partition coefficient (Wildman–Crippen LogP) is 10.7. The third kappa shape index (κ3) is 4.35. The molecule has 4 nitrogen and oxygen atoms in total. The molecule has 0 saturated heterocycles. The standard InChI is InChI=1S/C41H25N3O/c1-3-11-26(12-4-1)39-42-40(27-13-5-2-6-14-27)44-41(43-39)32-22-20-28-23-31(21-19-29(28)24-32)35-25-30-15-7-8-16-33(30)37-34-17-9-10-18-36(34)45-38(35)37/h1-25H. The lowest BCUT2D eigenvalue weighted by molar-refractivity contribution is 0.670. The van der Waals surface area contributed by atoms with Crippen molar-refractivity contribution in [3.8, 4) is 45.3 Å². The topological polar surface area (TPSA) is 51.8 Å². The first-order valence-corrected chi connectivity index (χ1v) is 15.0. The average Bonchev–Trinajstić information content (AvgIpc) is 3.51. The van der Waals surface area contributed by atoms with Gasteiger partial charge in [-0.15, -0.1) is 0 Å². The quantitative estimate of drug-likeness (QED) is 0.209. The number of para-hydroxylation sites is 1. The minimum atomic E-state index is 0.646. The molecule has 0 aliphatic rings. The molecule has 0 spiro atoms.